The highest BCUT2D eigenvalue weighted by Gasteiger charge is 2.18. The summed E-state index contributed by atoms with van der Waals surface area (Å²) in [6.07, 6.45) is 1.91. The van der Waals surface area contributed by atoms with E-state index < -0.39 is 0 Å². The Hall–Kier alpha value is -3.90. The number of pyridine rings is 1. The lowest BCUT2D eigenvalue weighted by molar-refractivity contribution is 0.251. The molecular formula is C27H26N4O2. The van der Waals surface area contributed by atoms with E-state index in [1.807, 2.05) is 79.6 Å². The number of hydrogen-bond acceptors (Lipinski definition) is 5. The van der Waals surface area contributed by atoms with Crippen LogP contribution in [0.15, 0.2) is 79.0 Å². The van der Waals surface area contributed by atoms with E-state index in [1.54, 1.807) is 7.11 Å². The summed E-state index contributed by atoms with van der Waals surface area (Å²) in [6.45, 7) is 1.38. The topological polar surface area (TPSA) is 52.4 Å². The van der Waals surface area contributed by atoms with E-state index in [1.165, 1.54) is 0 Å². The maximum Gasteiger partial charge on any atom is 0.161 e. The molecule has 0 radical (unpaired) electrons. The number of nitrogens with zero attached hydrogens (tertiary/aromatic N) is 4. The van der Waals surface area contributed by atoms with Crippen LogP contribution in [-0.4, -0.2) is 54.0 Å². The molecule has 166 valence electrons. The molecule has 0 fully saturated rings. The number of benzene rings is 3. The van der Waals surface area contributed by atoms with Crippen LogP contribution in [-0.2, 0) is 0 Å². The van der Waals surface area contributed by atoms with Gasteiger partial charge in [0.25, 0.3) is 0 Å². The van der Waals surface area contributed by atoms with E-state index in [-0.39, 0.29) is 0 Å². The molecule has 0 saturated heterocycles. The van der Waals surface area contributed by atoms with E-state index in [0.29, 0.717) is 18.1 Å². The summed E-state index contributed by atoms with van der Waals surface area (Å²) in [5.41, 5.74) is 4.78. The first-order chi connectivity index (χ1) is 16.2. The molecule has 2 heterocycles. The van der Waals surface area contributed by atoms with Crippen molar-refractivity contribution in [1.29, 1.82) is 0 Å². The second-order valence-corrected chi connectivity index (χ2v) is 8.15. The number of ether oxygens (including phenoxy) is 2. The summed E-state index contributed by atoms with van der Waals surface area (Å²) in [5.74, 6) is 1.40. The van der Waals surface area contributed by atoms with Gasteiger partial charge in [-0.1, -0.05) is 36.4 Å². The Balaban J connectivity index is 1.70. The van der Waals surface area contributed by atoms with Crippen LogP contribution in [0.5, 0.6) is 11.5 Å². The van der Waals surface area contributed by atoms with Gasteiger partial charge in [-0.15, -0.1) is 0 Å². The Morgan fingerprint density at radius 3 is 2.45 bits per heavy atom. The monoisotopic (exact) mass is 438 g/mol. The molecule has 6 nitrogen and oxygen atoms in total. The summed E-state index contributed by atoms with van der Waals surface area (Å²) < 4.78 is 13.6. The molecule has 0 bridgehead atoms. The molecule has 5 rings (SSSR count). The van der Waals surface area contributed by atoms with Crippen molar-refractivity contribution in [3.05, 3.63) is 79.0 Å². The van der Waals surface area contributed by atoms with Crippen molar-refractivity contribution >= 4 is 21.8 Å². The second kappa shape index (κ2) is 8.92. The number of para-hydroxylation sites is 2. The highest BCUT2D eigenvalue weighted by molar-refractivity contribution is 6.08. The van der Waals surface area contributed by atoms with Crippen LogP contribution in [0.2, 0.25) is 0 Å². The number of likely N-dealkylation sites (N-methyl/N-ethyl adjacent to an activating group) is 1. The van der Waals surface area contributed by atoms with Crippen molar-refractivity contribution in [1.82, 2.24) is 19.7 Å². The standard InChI is InChI=1S/C27H26N4O2/c1-30(2)15-16-33-25-17-19(13-14-24(25)32-3)26-22-18-28-23-12-8-7-11-21(23)27(22)31(29-26)20-9-5-4-6-10-20/h4-14,17-18H,15-16H2,1-3H3. The zero-order chi connectivity index (χ0) is 22.8. The number of rotatable bonds is 7. The highest BCUT2D eigenvalue weighted by Crippen LogP contribution is 2.37. The molecule has 5 aromatic rings. The van der Waals surface area contributed by atoms with Gasteiger partial charge in [0.1, 0.15) is 12.3 Å². The van der Waals surface area contributed by atoms with E-state index in [0.717, 1.165) is 45.3 Å². The molecule has 0 unspecified atom stereocenters. The normalized spacial score (nSPS) is 11.4. The van der Waals surface area contributed by atoms with Gasteiger partial charge in [-0.2, -0.15) is 5.10 Å². The van der Waals surface area contributed by atoms with Gasteiger partial charge < -0.3 is 14.4 Å². The third kappa shape index (κ3) is 4.01. The van der Waals surface area contributed by atoms with Gasteiger partial charge in [0.2, 0.25) is 0 Å². The Kier molecular flexibility index (Phi) is 5.67. The minimum atomic E-state index is 0.568. The van der Waals surface area contributed by atoms with Gasteiger partial charge in [0.15, 0.2) is 11.5 Å². The predicted octanol–water partition coefficient (Wildman–Crippen LogP) is 5.19. The first kappa shape index (κ1) is 21.0. The Morgan fingerprint density at radius 2 is 1.67 bits per heavy atom. The van der Waals surface area contributed by atoms with Crippen LogP contribution in [0.4, 0.5) is 0 Å². The average Bonchev–Trinajstić information content (AvgIpc) is 3.24. The second-order valence-electron chi connectivity index (χ2n) is 8.15. The molecular weight excluding hydrogens is 412 g/mol. The van der Waals surface area contributed by atoms with Crippen LogP contribution in [0.1, 0.15) is 0 Å². The minimum Gasteiger partial charge on any atom is -0.493 e. The van der Waals surface area contributed by atoms with Crippen LogP contribution in [0, 0.1) is 0 Å². The summed E-state index contributed by atoms with van der Waals surface area (Å²) in [4.78, 5) is 6.80. The van der Waals surface area contributed by atoms with E-state index >= 15 is 0 Å². The lowest BCUT2D eigenvalue weighted by Crippen LogP contribution is -2.19. The first-order valence-electron chi connectivity index (χ1n) is 10.9. The number of fused-ring (bicyclic) bond motifs is 3. The molecule has 0 saturated carbocycles. The number of aromatic nitrogens is 3. The third-order valence-electron chi connectivity index (χ3n) is 5.65. The van der Waals surface area contributed by atoms with Gasteiger partial charge >= 0.3 is 0 Å². The molecule has 0 aliphatic rings. The smallest absolute Gasteiger partial charge is 0.161 e. The molecule has 0 aliphatic carbocycles. The molecule has 0 aliphatic heterocycles. The van der Waals surface area contributed by atoms with Crippen LogP contribution < -0.4 is 9.47 Å². The quantitative estimate of drug-likeness (QED) is 0.350. The molecule has 0 amide bonds. The minimum absolute atomic E-state index is 0.568. The molecule has 0 spiro atoms. The lowest BCUT2D eigenvalue weighted by Gasteiger charge is -2.14. The Morgan fingerprint density at radius 1 is 0.879 bits per heavy atom. The van der Waals surface area contributed by atoms with E-state index in [9.17, 15) is 0 Å². The molecule has 6 heteroatoms. The van der Waals surface area contributed by atoms with Gasteiger partial charge in [0, 0.05) is 29.1 Å². The molecule has 33 heavy (non-hydrogen) atoms. The number of hydrogen-bond donors (Lipinski definition) is 0. The molecule has 2 aromatic heterocycles. The van der Waals surface area contributed by atoms with Crippen molar-refractivity contribution in [3.63, 3.8) is 0 Å². The Labute approximate surface area is 193 Å². The van der Waals surface area contributed by atoms with Crippen molar-refractivity contribution in [2.24, 2.45) is 0 Å². The first-order valence-corrected chi connectivity index (χ1v) is 10.9. The van der Waals surface area contributed by atoms with E-state index in [4.69, 9.17) is 19.6 Å². The van der Waals surface area contributed by atoms with Crippen LogP contribution >= 0.6 is 0 Å². The fourth-order valence-corrected chi connectivity index (χ4v) is 3.98. The van der Waals surface area contributed by atoms with Gasteiger partial charge in [-0.05, 0) is 50.5 Å². The molecule has 0 atom stereocenters. The van der Waals surface area contributed by atoms with Crippen LogP contribution in [0.25, 0.3) is 38.8 Å². The van der Waals surface area contributed by atoms with Crippen molar-refractivity contribution in [2.45, 2.75) is 0 Å². The summed E-state index contributed by atoms with van der Waals surface area (Å²) >= 11 is 0. The molecule has 3 aromatic carbocycles. The van der Waals surface area contributed by atoms with Crippen LogP contribution in [0.3, 0.4) is 0 Å². The highest BCUT2D eigenvalue weighted by atomic mass is 16.5. The fraction of sp³-hybridized carbons (Fsp3) is 0.185. The van der Waals surface area contributed by atoms with Crippen molar-refractivity contribution < 1.29 is 9.47 Å². The zero-order valence-corrected chi connectivity index (χ0v) is 19.0. The maximum absolute atomic E-state index is 6.06. The fourth-order valence-electron chi connectivity index (χ4n) is 3.98. The zero-order valence-electron chi connectivity index (χ0n) is 19.0. The number of methoxy groups -OCH3 is 1. The summed E-state index contributed by atoms with van der Waals surface area (Å²) in [5, 5.41) is 7.11. The van der Waals surface area contributed by atoms with Crippen molar-refractivity contribution in [3.8, 4) is 28.4 Å². The molecule has 0 N–H and O–H groups in total. The SMILES string of the molecule is COc1ccc(-c2nn(-c3ccccc3)c3c2cnc2ccccc23)cc1OCCN(C)C. The lowest BCUT2D eigenvalue weighted by atomic mass is 10.1. The van der Waals surface area contributed by atoms with Crippen molar-refractivity contribution in [2.75, 3.05) is 34.4 Å². The Bertz CT molecular complexity index is 1410. The predicted molar refractivity (Wildman–Crippen MR) is 132 cm³/mol. The maximum atomic E-state index is 6.06. The van der Waals surface area contributed by atoms with Gasteiger partial charge in [-0.3, -0.25) is 4.98 Å². The summed E-state index contributed by atoms with van der Waals surface area (Å²) in [6, 6.07) is 24.3. The summed E-state index contributed by atoms with van der Waals surface area (Å²) in [7, 11) is 5.71. The van der Waals surface area contributed by atoms with Gasteiger partial charge in [0.05, 0.1) is 23.8 Å². The largest absolute Gasteiger partial charge is 0.493 e. The van der Waals surface area contributed by atoms with E-state index in [2.05, 4.69) is 23.1 Å². The van der Waals surface area contributed by atoms with Gasteiger partial charge in [-0.25, -0.2) is 4.68 Å². The third-order valence-corrected chi connectivity index (χ3v) is 5.65. The average molecular weight is 439 g/mol.